The highest BCUT2D eigenvalue weighted by Crippen LogP contribution is 2.21. The smallest absolute Gasteiger partial charge is 0.241 e. The van der Waals surface area contributed by atoms with Crippen LogP contribution in [0, 0.1) is 0 Å². The van der Waals surface area contributed by atoms with E-state index in [0.29, 0.717) is 12.4 Å². The largest absolute Gasteiger partial charge is 0.369 e. The summed E-state index contributed by atoms with van der Waals surface area (Å²) >= 11 is 0. The van der Waals surface area contributed by atoms with Crippen molar-refractivity contribution >= 4 is 15.8 Å². The molecule has 0 fully saturated rings. The quantitative estimate of drug-likeness (QED) is 0.817. The van der Waals surface area contributed by atoms with E-state index in [4.69, 9.17) is 5.14 Å². The van der Waals surface area contributed by atoms with Crippen molar-refractivity contribution in [2.75, 3.05) is 11.9 Å². The number of hydrogen-bond acceptors (Lipinski definition) is 4. The van der Waals surface area contributed by atoms with Crippen molar-refractivity contribution in [3.8, 4) is 0 Å². The van der Waals surface area contributed by atoms with Crippen LogP contribution in [0.25, 0.3) is 0 Å². The highest BCUT2D eigenvalue weighted by Gasteiger charge is 2.14. The third kappa shape index (κ3) is 4.31. The van der Waals surface area contributed by atoms with Gasteiger partial charge in [0.2, 0.25) is 10.0 Å². The number of hydrogen-bond donors (Lipinski definition) is 2. The van der Waals surface area contributed by atoms with Gasteiger partial charge in [0.1, 0.15) is 10.7 Å². The normalized spacial score (nSPS) is 16.4. The van der Waals surface area contributed by atoms with Gasteiger partial charge in [0, 0.05) is 12.7 Å². The molecule has 2 rings (SSSR count). The number of aromatic nitrogens is 1. The molecule has 0 atom stereocenters. The lowest BCUT2D eigenvalue weighted by molar-refractivity contribution is 0.597. The van der Waals surface area contributed by atoms with E-state index in [-0.39, 0.29) is 4.90 Å². The van der Waals surface area contributed by atoms with Crippen LogP contribution >= 0.6 is 0 Å². The molecule has 0 aromatic carbocycles. The highest BCUT2D eigenvalue weighted by molar-refractivity contribution is 7.89. The molecule has 5 nitrogen and oxygen atoms in total. The molecule has 0 unspecified atom stereocenters. The second-order valence-electron chi connectivity index (χ2n) is 5.03. The van der Waals surface area contributed by atoms with Crippen LogP contribution < -0.4 is 10.5 Å². The average molecular weight is 295 g/mol. The van der Waals surface area contributed by atoms with Gasteiger partial charge in [-0.3, -0.25) is 0 Å². The van der Waals surface area contributed by atoms with E-state index in [1.165, 1.54) is 30.9 Å². The van der Waals surface area contributed by atoms with Gasteiger partial charge in [-0.05, 0) is 44.2 Å². The maximum Gasteiger partial charge on any atom is 0.241 e. The first-order valence-electron chi connectivity index (χ1n) is 6.97. The summed E-state index contributed by atoms with van der Waals surface area (Å²) in [7, 11) is -3.73. The van der Waals surface area contributed by atoms with Gasteiger partial charge in [0.25, 0.3) is 0 Å². The SMILES string of the molecule is NS(=O)(=O)c1cccnc1NCCC1=CCCCCC1. The lowest BCUT2D eigenvalue weighted by atomic mass is 10.1. The molecule has 1 heterocycles. The van der Waals surface area contributed by atoms with E-state index in [2.05, 4.69) is 16.4 Å². The van der Waals surface area contributed by atoms with Crippen molar-refractivity contribution in [3.05, 3.63) is 30.0 Å². The Bertz CT molecular complexity index is 582. The van der Waals surface area contributed by atoms with Gasteiger partial charge in [-0.25, -0.2) is 18.5 Å². The molecule has 1 aliphatic rings. The van der Waals surface area contributed by atoms with Crippen molar-refractivity contribution in [1.82, 2.24) is 4.98 Å². The summed E-state index contributed by atoms with van der Waals surface area (Å²) in [5.41, 5.74) is 1.45. The number of primary sulfonamides is 1. The Kier molecular flexibility index (Phi) is 5.14. The Morgan fingerprint density at radius 1 is 1.30 bits per heavy atom. The molecule has 1 aromatic heterocycles. The predicted molar refractivity (Wildman–Crippen MR) is 79.9 cm³/mol. The molecule has 0 radical (unpaired) electrons. The molecule has 0 spiro atoms. The molecule has 3 N–H and O–H groups in total. The van der Waals surface area contributed by atoms with E-state index in [1.54, 1.807) is 12.3 Å². The Hall–Kier alpha value is -1.40. The Morgan fingerprint density at radius 2 is 2.15 bits per heavy atom. The number of anilines is 1. The van der Waals surface area contributed by atoms with E-state index in [9.17, 15) is 8.42 Å². The molecule has 1 aromatic rings. The summed E-state index contributed by atoms with van der Waals surface area (Å²) in [4.78, 5) is 4.11. The van der Waals surface area contributed by atoms with Gasteiger partial charge in [0.05, 0.1) is 0 Å². The van der Waals surface area contributed by atoms with Crippen molar-refractivity contribution < 1.29 is 8.42 Å². The van der Waals surface area contributed by atoms with Gasteiger partial charge in [-0.2, -0.15) is 0 Å². The number of nitrogens with two attached hydrogens (primary N) is 1. The maximum absolute atomic E-state index is 11.5. The zero-order valence-electron chi connectivity index (χ0n) is 11.5. The number of nitrogens with one attached hydrogen (secondary N) is 1. The molecule has 0 bridgehead atoms. The van der Waals surface area contributed by atoms with Crippen molar-refractivity contribution in [3.63, 3.8) is 0 Å². The monoisotopic (exact) mass is 295 g/mol. The first-order chi connectivity index (χ1) is 9.57. The predicted octanol–water partition coefficient (Wildman–Crippen LogP) is 2.42. The molecule has 1 aliphatic carbocycles. The number of rotatable bonds is 5. The van der Waals surface area contributed by atoms with Crippen LogP contribution in [0.5, 0.6) is 0 Å². The first kappa shape index (κ1) is 15.0. The number of sulfonamides is 1. The van der Waals surface area contributed by atoms with Crippen LogP contribution in [0.3, 0.4) is 0 Å². The Morgan fingerprint density at radius 3 is 2.95 bits per heavy atom. The molecule has 20 heavy (non-hydrogen) atoms. The summed E-state index contributed by atoms with van der Waals surface area (Å²) in [6.07, 6.45) is 10.9. The van der Waals surface area contributed by atoms with E-state index in [0.717, 1.165) is 19.3 Å². The van der Waals surface area contributed by atoms with Gasteiger partial charge < -0.3 is 5.32 Å². The highest BCUT2D eigenvalue weighted by atomic mass is 32.2. The average Bonchev–Trinajstić information content (AvgIpc) is 2.67. The van der Waals surface area contributed by atoms with E-state index in [1.807, 2.05) is 0 Å². The molecular formula is C14H21N3O2S. The van der Waals surface area contributed by atoms with Crippen LogP contribution in [0.15, 0.2) is 34.9 Å². The third-order valence-corrected chi connectivity index (χ3v) is 4.39. The van der Waals surface area contributed by atoms with Gasteiger partial charge in [-0.1, -0.05) is 18.1 Å². The van der Waals surface area contributed by atoms with Gasteiger partial charge >= 0.3 is 0 Å². The molecule has 0 aliphatic heterocycles. The second kappa shape index (κ2) is 6.85. The minimum absolute atomic E-state index is 0.0508. The first-order valence-corrected chi connectivity index (χ1v) is 8.51. The van der Waals surface area contributed by atoms with Crippen molar-refractivity contribution in [1.29, 1.82) is 0 Å². The summed E-state index contributed by atoms with van der Waals surface area (Å²) in [6, 6.07) is 3.04. The van der Waals surface area contributed by atoms with Gasteiger partial charge in [-0.15, -0.1) is 0 Å². The summed E-state index contributed by atoms with van der Waals surface area (Å²) in [6.45, 7) is 0.672. The van der Waals surface area contributed by atoms with Crippen LogP contribution in [0.4, 0.5) is 5.82 Å². The van der Waals surface area contributed by atoms with Crippen LogP contribution in [0.2, 0.25) is 0 Å². The number of nitrogens with zero attached hydrogens (tertiary/aromatic N) is 1. The lowest BCUT2D eigenvalue weighted by Crippen LogP contribution is -2.16. The zero-order chi connectivity index (χ0) is 14.4. The number of allylic oxidation sites excluding steroid dienone is 1. The molecule has 0 saturated carbocycles. The Labute approximate surface area is 120 Å². The zero-order valence-corrected chi connectivity index (χ0v) is 12.3. The van der Waals surface area contributed by atoms with E-state index >= 15 is 0 Å². The Balaban J connectivity index is 1.96. The van der Waals surface area contributed by atoms with Crippen LogP contribution in [-0.4, -0.2) is 19.9 Å². The lowest BCUT2D eigenvalue weighted by Gasteiger charge is -2.10. The summed E-state index contributed by atoms with van der Waals surface area (Å²) in [5, 5.41) is 8.25. The van der Waals surface area contributed by atoms with Crippen molar-refractivity contribution in [2.24, 2.45) is 5.14 Å². The fraction of sp³-hybridized carbons (Fsp3) is 0.500. The molecule has 0 saturated heterocycles. The van der Waals surface area contributed by atoms with E-state index < -0.39 is 10.0 Å². The third-order valence-electron chi connectivity index (χ3n) is 3.45. The summed E-state index contributed by atoms with van der Waals surface area (Å²) < 4.78 is 22.9. The molecule has 0 amide bonds. The molecular weight excluding hydrogens is 274 g/mol. The van der Waals surface area contributed by atoms with Crippen LogP contribution in [0.1, 0.15) is 38.5 Å². The van der Waals surface area contributed by atoms with Crippen LogP contribution in [-0.2, 0) is 10.0 Å². The van der Waals surface area contributed by atoms with Gasteiger partial charge in [0.15, 0.2) is 0 Å². The number of pyridine rings is 1. The minimum Gasteiger partial charge on any atom is -0.369 e. The topological polar surface area (TPSA) is 85.1 Å². The second-order valence-corrected chi connectivity index (χ2v) is 6.56. The maximum atomic E-state index is 11.5. The summed E-state index contributed by atoms with van der Waals surface area (Å²) in [5.74, 6) is 0.337. The molecule has 6 heteroatoms. The molecule has 110 valence electrons. The fourth-order valence-electron chi connectivity index (χ4n) is 2.40. The standard InChI is InChI=1S/C14H21N3O2S/c15-20(18,19)13-8-5-10-16-14(13)17-11-9-12-6-3-1-2-4-7-12/h5-6,8,10H,1-4,7,9,11H2,(H,16,17)(H2,15,18,19). The minimum atomic E-state index is -3.73. The fourth-order valence-corrected chi connectivity index (χ4v) is 3.07. The van der Waals surface area contributed by atoms with Crippen molar-refractivity contribution in [2.45, 2.75) is 43.4 Å².